The quantitative estimate of drug-likeness (QED) is 0.287. The van der Waals surface area contributed by atoms with Gasteiger partial charge in [-0.05, 0) is 47.4 Å². The van der Waals surface area contributed by atoms with E-state index in [1.165, 1.54) is 20.2 Å². The van der Waals surface area contributed by atoms with Crippen LogP contribution in [0.5, 0.6) is 0 Å². The summed E-state index contributed by atoms with van der Waals surface area (Å²) in [7, 11) is 2.99. The molecular weight excluding hydrogens is 444 g/mol. The lowest BCUT2D eigenvalue weighted by atomic mass is 9.87. The maximum absolute atomic E-state index is 12.2. The molecule has 0 radical (unpaired) electrons. The summed E-state index contributed by atoms with van der Waals surface area (Å²) in [6.07, 6.45) is -8.47. The minimum Gasteiger partial charge on any atom is -0.394 e. The second kappa shape index (κ2) is 10.6. The fourth-order valence-corrected chi connectivity index (χ4v) is 4.10. The van der Waals surface area contributed by atoms with Gasteiger partial charge in [-0.3, -0.25) is 9.59 Å². The van der Waals surface area contributed by atoms with E-state index in [9.17, 15) is 35.1 Å². The van der Waals surface area contributed by atoms with Gasteiger partial charge in [-0.1, -0.05) is 18.2 Å². The van der Waals surface area contributed by atoms with Crippen LogP contribution >= 0.6 is 0 Å². The molecule has 184 valence electrons. The van der Waals surface area contributed by atoms with Crippen LogP contribution in [0.15, 0.2) is 36.4 Å². The van der Waals surface area contributed by atoms with Crippen molar-refractivity contribution >= 4 is 11.8 Å². The maximum Gasteiger partial charge on any atom is 0.251 e. The number of ether oxygens (including phenoxy) is 1. The Morgan fingerprint density at radius 2 is 1.50 bits per heavy atom. The molecule has 1 heterocycles. The SMILES string of the molecule is CNC(=O)c1cc(C(=O)NC)cc(-c2ccc([C@@H](O)[C@H]3OC(CO)[C@@H](O)[C@H](O)C3O)c(C)c2)c1. The average Bonchev–Trinajstić information content (AvgIpc) is 2.85. The van der Waals surface area contributed by atoms with Gasteiger partial charge in [0.1, 0.15) is 36.6 Å². The standard InChI is InChI=1S/C24H30N2O8/c1-11-6-12(13-7-14(23(32)25-2)9-15(8-13)24(33)26-3)4-5-16(11)18(28)22-21(31)20(30)19(29)17(10-27)34-22/h4-9,17-22,27-31H,10H2,1-3H3,(H,25,32)(H,26,33)/t17?,18-,19-,20+,21?,22-/m1/s1. The van der Waals surface area contributed by atoms with Crippen LogP contribution in [0.1, 0.15) is 37.9 Å². The van der Waals surface area contributed by atoms with Crippen molar-refractivity contribution in [3.63, 3.8) is 0 Å². The molecule has 0 bridgehead atoms. The van der Waals surface area contributed by atoms with Crippen LogP contribution in [-0.2, 0) is 4.74 Å². The van der Waals surface area contributed by atoms with Crippen molar-refractivity contribution in [1.29, 1.82) is 0 Å². The molecule has 7 N–H and O–H groups in total. The van der Waals surface area contributed by atoms with E-state index in [4.69, 9.17) is 4.74 Å². The van der Waals surface area contributed by atoms with Gasteiger partial charge in [0, 0.05) is 25.2 Å². The maximum atomic E-state index is 12.2. The number of rotatable bonds is 6. The van der Waals surface area contributed by atoms with E-state index in [0.717, 1.165) is 0 Å². The van der Waals surface area contributed by atoms with Gasteiger partial charge in [0.05, 0.1) is 6.61 Å². The van der Waals surface area contributed by atoms with Crippen molar-refractivity contribution in [2.24, 2.45) is 0 Å². The summed E-state index contributed by atoms with van der Waals surface area (Å²) < 4.78 is 5.48. The van der Waals surface area contributed by atoms with Gasteiger partial charge in [0.15, 0.2) is 0 Å². The molecular formula is C24H30N2O8. The lowest BCUT2D eigenvalue weighted by Gasteiger charge is -2.42. The van der Waals surface area contributed by atoms with Crippen molar-refractivity contribution < 1.29 is 39.9 Å². The zero-order valence-corrected chi connectivity index (χ0v) is 19.1. The van der Waals surface area contributed by atoms with Gasteiger partial charge < -0.3 is 40.9 Å². The van der Waals surface area contributed by atoms with Crippen molar-refractivity contribution in [3.05, 3.63) is 58.7 Å². The van der Waals surface area contributed by atoms with Gasteiger partial charge >= 0.3 is 0 Å². The van der Waals surface area contributed by atoms with Gasteiger partial charge in [0.2, 0.25) is 0 Å². The van der Waals surface area contributed by atoms with Crippen molar-refractivity contribution in [2.75, 3.05) is 20.7 Å². The van der Waals surface area contributed by atoms with Gasteiger partial charge in [-0.25, -0.2) is 0 Å². The van der Waals surface area contributed by atoms with Crippen molar-refractivity contribution in [1.82, 2.24) is 10.6 Å². The van der Waals surface area contributed by atoms with E-state index in [1.807, 2.05) is 0 Å². The van der Waals surface area contributed by atoms with E-state index in [1.54, 1.807) is 37.3 Å². The molecule has 3 rings (SSSR count). The Balaban J connectivity index is 1.96. The van der Waals surface area contributed by atoms with E-state index < -0.39 is 43.2 Å². The number of aliphatic hydroxyl groups is 5. The number of amides is 2. The van der Waals surface area contributed by atoms with Crippen LogP contribution in [0.2, 0.25) is 0 Å². The molecule has 1 aliphatic rings. The van der Waals surface area contributed by atoms with Crippen LogP contribution in [0.3, 0.4) is 0 Å². The fraction of sp³-hybridized carbons (Fsp3) is 0.417. The lowest BCUT2D eigenvalue weighted by Crippen LogP contribution is -2.59. The largest absolute Gasteiger partial charge is 0.394 e. The number of benzene rings is 2. The minimum absolute atomic E-state index is 0.307. The number of aryl methyl sites for hydroxylation is 1. The Hall–Kier alpha value is -2.86. The summed E-state index contributed by atoms with van der Waals surface area (Å²) in [6, 6.07) is 9.83. The second-order valence-corrected chi connectivity index (χ2v) is 8.27. The van der Waals surface area contributed by atoms with Crippen LogP contribution in [-0.4, -0.2) is 88.6 Å². The van der Waals surface area contributed by atoms with E-state index in [-0.39, 0.29) is 11.8 Å². The van der Waals surface area contributed by atoms with Crippen LogP contribution < -0.4 is 10.6 Å². The third kappa shape index (κ3) is 4.97. The normalized spacial score (nSPS) is 25.5. The molecule has 2 aromatic carbocycles. The Morgan fingerprint density at radius 3 is 2.00 bits per heavy atom. The summed E-state index contributed by atoms with van der Waals surface area (Å²) in [5, 5.41) is 55.7. The van der Waals surface area contributed by atoms with E-state index in [0.29, 0.717) is 33.4 Å². The Labute approximate surface area is 196 Å². The minimum atomic E-state index is -1.60. The highest BCUT2D eigenvalue weighted by atomic mass is 16.6. The Kier molecular flexibility index (Phi) is 8.03. The van der Waals surface area contributed by atoms with Crippen LogP contribution in [0, 0.1) is 6.92 Å². The molecule has 0 aromatic heterocycles. The van der Waals surface area contributed by atoms with Crippen molar-refractivity contribution in [3.8, 4) is 11.1 Å². The molecule has 34 heavy (non-hydrogen) atoms. The number of aliphatic hydroxyl groups excluding tert-OH is 5. The Morgan fingerprint density at radius 1 is 0.912 bits per heavy atom. The first-order chi connectivity index (χ1) is 16.1. The first-order valence-corrected chi connectivity index (χ1v) is 10.8. The van der Waals surface area contributed by atoms with E-state index in [2.05, 4.69) is 10.6 Å². The highest BCUT2D eigenvalue weighted by molar-refractivity contribution is 6.01. The fourth-order valence-electron chi connectivity index (χ4n) is 4.10. The summed E-state index contributed by atoms with van der Waals surface area (Å²) in [4.78, 5) is 24.4. The summed E-state index contributed by atoms with van der Waals surface area (Å²) >= 11 is 0. The van der Waals surface area contributed by atoms with Gasteiger partial charge in [-0.15, -0.1) is 0 Å². The van der Waals surface area contributed by atoms with Crippen LogP contribution in [0.25, 0.3) is 11.1 Å². The molecule has 2 aromatic rings. The predicted molar refractivity (Wildman–Crippen MR) is 122 cm³/mol. The predicted octanol–water partition coefficient (Wildman–Crippen LogP) is -0.743. The van der Waals surface area contributed by atoms with Gasteiger partial charge in [0.25, 0.3) is 11.8 Å². The third-order valence-corrected chi connectivity index (χ3v) is 6.07. The third-order valence-electron chi connectivity index (χ3n) is 6.07. The summed E-state index contributed by atoms with van der Waals surface area (Å²) in [5.74, 6) is -0.697. The first-order valence-electron chi connectivity index (χ1n) is 10.8. The number of hydrogen-bond donors (Lipinski definition) is 7. The Bertz CT molecular complexity index is 1020. The molecule has 0 aliphatic carbocycles. The monoisotopic (exact) mass is 474 g/mol. The first kappa shape index (κ1) is 25.8. The number of hydrogen-bond acceptors (Lipinski definition) is 8. The number of carbonyl (C=O) groups excluding carboxylic acids is 2. The highest BCUT2D eigenvalue weighted by Gasteiger charge is 2.46. The number of carbonyl (C=O) groups is 2. The second-order valence-electron chi connectivity index (χ2n) is 8.27. The molecule has 1 fully saturated rings. The molecule has 0 saturated carbocycles. The number of nitrogens with one attached hydrogen (secondary N) is 2. The molecule has 10 nitrogen and oxygen atoms in total. The molecule has 0 spiro atoms. The van der Waals surface area contributed by atoms with Gasteiger partial charge in [-0.2, -0.15) is 0 Å². The molecule has 1 aliphatic heterocycles. The molecule has 10 heteroatoms. The van der Waals surface area contributed by atoms with E-state index >= 15 is 0 Å². The smallest absolute Gasteiger partial charge is 0.251 e. The zero-order chi connectivity index (χ0) is 25.2. The highest BCUT2D eigenvalue weighted by Crippen LogP contribution is 2.33. The zero-order valence-electron chi connectivity index (χ0n) is 19.1. The molecule has 6 atom stereocenters. The van der Waals surface area contributed by atoms with Crippen molar-refractivity contribution in [2.45, 2.75) is 43.5 Å². The average molecular weight is 475 g/mol. The molecule has 2 unspecified atom stereocenters. The van der Waals surface area contributed by atoms with Crippen LogP contribution in [0.4, 0.5) is 0 Å². The molecule has 2 amide bonds. The lowest BCUT2D eigenvalue weighted by molar-refractivity contribution is -0.250. The molecule has 1 saturated heterocycles. The summed E-state index contributed by atoms with van der Waals surface area (Å²) in [6.45, 7) is 1.13. The summed E-state index contributed by atoms with van der Waals surface area (Å²) in [5.41, 5.74) is 2.93. The topological polar surface area (TPSA) is 169 Å².